The number of halogens is 1. The van der Waals surface area contributed by atoms with Crippen LogP contribution in [0, 0.1) is 0 Å². The van der Waals surface area contributed by atoms with Crippen molar-refractivity contribution in [3.63, 3.8) is 0 Å². The summed E-state index contributed by atoms with van der Waals surface area (Å²) in [6.45, 7) is 4.31. The van der Waals surface area contributed by atoms with Gasteiger partial charge in [0.1, 0.15) is 5.75 Å². The minimum Gasteiger partial charge on any atom is -0.507 e. The van der Waals surface area contributed by atoms with Crippen molar-refractivity contribution in [2.45, 2.75) is 19.8 Å². The largest absolute Gasteiger partial charge is 0.507 e. The van der Waals surface area contributed by atoms with Gasteiger partial charge < -0.3 is 10.4 Å². The normalized spacial score (nSPS) is 11.0. The van der Waals surface area contributed by atoms with Crippen molar-refractivity contribution in [3.8, 4) is 5.75 Å². The lowest BCUT2D eigenvalue weighted by atomic mass is 10.0. The lowest BCUT2D eigenvalue weighted by molar-refractivity contribution is 0.474. The monoisotopic (exact) mass is 391 g/mol. The van der Waals surface area contributed by atoms with Gasteiger partial charge in [-0.15, -0.1) is 0 Å². The van der Waals surface area contributed by atoms with Crippen LogP contribution < -0.4 is 10.7 Å². The number of nitrogens with one attached hydrogen (secondary N) is 2. The highest BCUT2D eigenvalue weighted by atomic mass is 79.9. The van der Waals surface area contributed by atoms with E-state index in [1.165, 1.54) is 11.8 Å². The van der Waals surface area contributed by atoms with Crippen molar-refractivity contribution in [3.05, 3.63) is 58.1 Å². The van der Waals surface area contributed by atoms with Crippen LogP contribution in [0.25, 0.3) is 0 Å². The third-order valence-corrected chi connectivity index (χ3v) is 3.88. The molecule has 0 aliphatic carbocycles. The van der Waals surface area contributed by atoms with Crippen LogP contribution in [-0.2, 0) is 0 Å². The zero-order valence-corrected chi connectivity index (χ0v) is 15.3. The molecule has 0 heterocycles. The molecule has 0 spiro atoms. The fourth-order valence-corrected chi connectivity index (χ4v) is 2.45. The van der Waals surface area contributed by atoms with Crippen molar-refractivity contribution in [1.82, 2.24) is 5.43 Å². The molecular weight excluding hydrogens is 374 g/mol. The van der Waals surface area contributed by atoms with Crippen LogP contribution in [0.15, 0.2) is 52.0 Å². The van der Waals surface area contributed by atoms with Gasteiger partial charge in [-0.3, -0.25) is 5.43 Å². The number of hydrogen-bond donors (Lipinski definition) is 3. The predicted molar refractivity (Wildman–Crippen MR) is 103 cm³/mol. The number of aromatic hydroxyl groups is 1. The second kappa shape index (κ2) is 8.08. The molecule has 0 aromatic heterocycles. The maximum absolute atomic E-state index is 9.72. The first kappa shape index (κ1) is 17.4. The summed E-state index contributed by atoms with van der Waals surface area (Å²) in [5.41, 5.74) is 5.49. The molecule has 120 valence electrons. The minimum absolute atomic E-state index is 0.155. The first-order chi connectivity index (χ1) is 11.0. The van der Waals surface area contributed by atoms with Gasteiger partial charge in [0.15, 0.2) is 5.11 Å². The van der Waals surface area contributed by atoms with Gasteiger partial charge in [-0.25, -0.2) is 0 Å². The number of thiocarbonyl (C=S) groups is 1. The Kier molecular flexibility index (Phi) is 6.12. The van der Waals surface area contributed by atoms with Gasteiger partial charge >= 0.3 is 0 Å². The third kappa shape index (κ3) is 5.33. The van der Waals surface area contributed by atoms with Gasteiger partial charge in [0.05, 0.1) is 6.21 Å². The Morgan fingerprint density at radius 1 is 1.22 bits per heavy atom. The summed E-state index contributed by atoms with van der Waals surface area (Å²) in [5, 5.41) is 17.2. The summed E-state index contributed by atoms with van der Waals surface area (Å²) >= 11 is 8.53. The molecule has 2 aromatic rings. The number of hydrogen-bond acceptors (Lipinski definition) is 3. The van der Waals surface area contributed by atoms with Crippen LogP contribution in [0.4, 0.5) is 5.69 Å². The van der Waals surface area contributed by atoms with E-state index in [0.29, 0.717) is 16.6 Å². The van der Waals surface area contributed by atoms with Gasteiger partial charge in [-0.2, -0.15) is 5.10 Å². The molecule has 0 aliphatic rings. The number of nitrogens with zero attached hydrogens (tertiary/aromatic N) is 1. The van der Waals surface area contributed by atoms with Crippen LogP contribution in [0.5, 0.6) is 5.75 Å². The minimum atomic E-state index is 0.155. The topological polar surface area (TPSA) is 56.7 Å². The highest BCUT2D eigenvalue weighted by molar-refractivity contribution is 9.10. The third-order valence-electron chi connectivity index (χ3n) is 3.19. The molecular formula is C17H18BrN3OS. The van der Waals surface area contributed by atoms with E-state index in [1.807, 2.05) is 12.1 Å². The number of phenolic OH excluding ortho intramolecular Hbond substituents is 1. The van der Waals surface area contributed by atoms with E-state index in [9.17, 15) is 5.11 Å². The highest BCUT2D eigenvalue weighted by Crippen LogP contribution is 2.20. The van der Waals surface area contributed by atoms with E-state index >= 15 is 0 Å². The number of hydrazone groups is 1. The van der Waals surface area contributed by atoms with Crippen LogP contribution in [-0.4, -0.2) is 16.4 Å². The van der Waals surface area contributed by atoms with Crippen molar-refractivity contribution in [2.75, 3.05) is 5.32 Å². The quantitative estimate of drug-likeness (QED) is 0.405. The Morgan fingerprint density at radius 3 is 2.57 bits per heavy atom. The van der Waals surface area contributed by atoms with Gasteiger partial charge in [-0.05, 0) is 54.0 Å². The maximum Gasteiger partial charge on any atom is 0.191 e. The first-order valence-electron chi connectivity index (χ1n) is 7.14. The molecule has 0 saturated carbocycles. The molecule has 2 aromatic carbocycles. The van der Waals surface area contributed by atoms with E-state index in [1.54, 1.807) is 18.2 Å². The second-order valence-corrected chi connectivity index (χ2v) is 6.63. The summed E-state index contributed by atoms with van der Waals surface area (Å²) in [6, 6.07) is 13.2. The zero-order valence-electron chi connectivity index (χ0n) is 12.9. The summed E-state index contributed by atoms with van der Waals surface area (Å²) in [4.78, 5) is 0. The number of anilines is 1. The zero-order chi connectivity index (χ0) is 16.8. The standard InChI is InChI=1S/C17H18BrN3OS/c1-11(2)12-3-6-15(7-4-12)20-17(23)21-19-10-13-9-14(18)5-8-16(13)22/h3-11,22H,1-2H3,(H2,20,21,23)/b19-10+. The lowest BCUT2D eigenvalue weighted by Gasteiger charge is -2.09. The van der Waals surface area contributed by atoms with Gasteiger partial charge in [0.25, 0.3) is 0 Å². The van der Waals surface area contributed by atoms with Crippen molar-refractivity contribution in [2.24, 2.45) is 5.10 Å². The van der Waals surface area contributed by atoms with Crippen LogP contribution >= 0.6 is 28.1 Å². The van der Waals surface area contributed by atoms with Crippen LogP contribution in [0.1, 0.15) is 30.9 Å². The molecule has 0 saturated heterocycles. The van der Waals surface area contributed by atoms with E-state index in [-0.39, 0.29) is 5.75 Å². The fraction of sp³-hybridized carbons (Fsp3) is 0.176. The summed E-state index contributed by atoms with van der Waals surface area (Å²) in [5.74, 6) is 0.651. The summed E-state index contributed by atoms with van der Waals surface area (Å²) < 4.78 is 0.864. The Labute approximate surface area is 149 Å². The SMILES string of the molecule is CC(C)c1ccc(NC(=S)N/N=C/c2cc(Br)ccc2O)cc1. The molecule has 0 bridgehead atoms. The van der Waals surface area contributed by atoms with E-state index in [4.69, 9.17) is 12.2 Å². The Morgan fingerprint density at radius 2 is 1.91 bits per heavy atom. The molecule has 0 aliphatic heterocycles. The molecule has 2 rings (SSSR count). The molecule has 23 heavy (non-hydrogen) atoms. The van der Waals surface area contributed by atoms with Crippen molar-refractivity contribution < 1.29 is 5.11 Å². The summed E-state index contributed by atoms with van der Waals surface area (Å²) in [7, 11) is 0. The Bertz CT molecular complexity index is 714. The van der Waals surface area contributed by atoms with E-state index in [0.717, 1.165) is 10.2 Å². The van der Waals surface area contributed by atoms with Crippen LogP contribution in [0.2, 0.25) is 0 Å². The van der Waals surface area contributed by atoms with Crippen molar-refractivity contribution in [1.29, 1.82) is 0 Å². The van der Waals surface area contributed by atoms with E-state index < -0.39 is 0 Å². The summed E-state index contributed by atoms with van der Waals surface area (Å²) in [6.07, 6.45) is 1.51. The highest BCUT2D eigenvalue weighted by Gasteiger charge is 2.01. The number of phenols is 1. The molecule has 0 radical (unpaired) electrons. The second-order valence-electron chi connectivity index (χ2n) is 5.30. The Balaban J connectivity index is 1.92. The van der Waals surface area contributed by atoms with Gasteiger partial charge in [-0.1, -0.05) is 41.9 Å². The lowest BCUT2D eigenvalue weighted by Crippen LogP contribution is -2.23. The maximum atomic E-state index is 9.72. The molecule has 0 unspecified atom stereocenters. The molecule has 0 amide bonds. The van der Waals surface area contributed by atoms with Gasteiger partial charge in [0.2, 0.25) is 0 Å². The average molecular weight is 392 g/mol. The first-order valence-corrected chi connectivity index (χ1v) is 8.34. The molecule has 6 heteroatoms. The average Bonchev–Trinajstić information content (AvgIpc) is 2.51. The number of rotatable bonds is 4. The molecule has 3 N–H and O–H groups in total. The Hall–Kier alpha value is -1.92. The molecule has 0 fully saturated rings. The smallest absolute Gasteiger partial charge is 0.191 e. The molecule has 4 nitrogen and oxygen atoms in total. The van der Waals surface area contributed by atoms with Crippen LogP contribution in [0.3, 0.4) is 0 Å². The number of benzene rings is 2. The van der Waals surface area contributed by atoms with Gasteiger partial charge in [0, 0.05) is 15.7 Å². The predicted octanol–water partition coefficient (Wildman–Crippen LogP) is 4.60. The van der Waals surface area contributed by atoms with E-state index in [2.05, 4.69) is 57.8 Å². The fourth-order valence-electron chi connectivity index (χ4n) is 1.90. The molecule has 0 atom stereocenters. The van der Waals surface area contributed by atoms with Crippen molar-refractivity contribution >= 4 is 45.2 Å².